The molecule has 0 bridgehead atoms. The van der Waals surface area contributed by atoms with Crippen LogP contribution in [0.25, 0.3) is 11.5 Å². The third kappa shape index (κ3) is 3.64. The van der Waals surface area contributed by atoms with Crippen molar-refractivity contribution in [2.75, 3.05) is 26.2 Å². The van der Waals surface area contributed by atoms with Crippen LogP contribution >= 0.6 is 0 Å². The van der Waals surface area contributed by atoms with E-state index < -0.39 is 0 Å². The maximum atomic E-state index is 12.9. The molecule has 6 nitrogen and oxygen atoms in total. The lowest BCUT2D eigenvalue weighted by Gasteiger charge is -2.32. The van der Waals surface area contributed by atoms with Crippen molar-refractivity contribution in [3.8, 4) is 11.5 Å². The maximum absolute atomic E-state index is 12.9. The Kier molecular flexibility index (Phi) is 5.25. The zero-order chi connectivity index (χ0) is 16.9. The molecular weight excluding hydrogens is 304 g/mol. The highest BCUT2D eigenvalue weighted by Crippen LogP contribution is 2.25. The zero-order valence-electron chi connectivity index (χ0n) is 14.3. The van der Waals surface area contributed by atoms with Gasteiger partial charge in [-0.05, 0) is 50.9 Å². The molecule has 1 saturated heterocycles. The van der Waals surface area contributed by atoms with E-state index in [0.29, 0.717) is 28.8 Å². The molecule has 2 aromatic rings. The molecule has 1 N–H and O–H groups in total. The van der Waals surface area contributed by atoms with Crippen LogP contribution in [0.1, 0.15) is 35.9 Å². The van der Waals surface area contributed by atoms with Crippen molar-refractivity contribution < 1.29 is 9.32 Å². The molecule has 1 aliphatic heterocycles. The Morgan fingerprint density at radius 3 is 2.75 bits per heavy atom. The van der Waals surface area contributed by atoms with Gasteiger partial charge < -0.3 is 14.7 Å². The lowest BCUT2D eigenvalue weighted by molar-refractivity contribution is 0.0691. The Bertz CT molecular complexity index is 690. The van der Waals surface area contributed by atoms with Crippen LogP contribution in [0, 0.1) is 12.8 Å². The number of aryl methyl sites for hydroxylation is 1. The van der Waals surface area contributed by atoms with Gasteiger partial charge in [0.2, 0.25) is 0 Å². The summed E-state index contributed by atoms with van der Waals surface area (Å²) in [5.74, 6) is 1.67. The van der Waals surface area contributed by atoms with Gasteiger partial charge in [-0.2, -0.15) is 4.98 Å². The number of amides is 1. The van der Waals surface area contributed by atoms with E-state index in [4.69, 9.17) is 4.52 Å². The highest BCUT2D eigenvalue weighted by Gasteiger charge is 2.26. The molecule has 1 aliphatic rings. The van der Waals surface area contributed by atoms with Crippen LogP contribution in [0.4, 0.5) is 0 Å². The van der Waals surface area contributed by atoms with Gasteiger partial charge in [-0.3, -0.25) is 4.79 Å². The Labute approximate surface area is 142 Å². The molecule has 24 heavy (non-hydrogen) atoms. The van der Waals surface area contributed by atoms with Gasteiger partial charge in [0.25, 0.3) is 11.8 Å². The molecule has 3 rings (SSSR count). The second-order valence-corrected chi connectivity index (χ2v) is 6.24. The smallest absolute Gasteiger partial charge is 0.258 e. The van der Waals surface area contributed by atoms with Crippen molar-refractivity contribution in [2.45, 2.75) is 26.7 Å². The van der Waals surface area contributed by atoms with Gasteiger partial charge in [0.05, 0.1) is 11.1 Å². The van der Waals surface area contributed by atoms with Crippen molar-refractivity contribution >= 4 is 5.91 Å². The van der Waals surface area contributed by atoms with Crippen molar-refractivity contribution in [2.24, 2.45) is 5.92 Å². The highest BCUT2D eigenvalue weighted by atomic mass is 16.5. The van der Waals surface area contributed by atoms with Crippen molar-refractivity contribution in [1.29, 1.82) is 0 Å². The van der Waals surface area contributed by atoms with Gasteiger partial charge in [-0.15, -0.1) is 0 Å². The highest BCUT2D eigenvalue weighted by molar-refractivity contribution is 6.00. The number of hydrogen-bond donors (Lipinski definition) is 1. The normalized spacial score (nSPS) is 15.7. The summed E-state index contributed by atoms with van der Waals surface area (Å²) in [6.07, 6.45) is 2.08. The number of piperidine rings is 1. The lowest BCUT2D eigenvalue weighted by Crippen LogP contribution is -2.40. The molecule has 0 unspecified atom stereocenters. The number of aromatic nitrogens is 2. The topological polar surface area (TPSA) is 71.3 Å². The average molecular weight is 328 g/mol. The number of carbonyl (C=O) groups excluding carboxylic acids is 1. The Hall–Kier alpha value is -2.21. The first-order valence-corrected chi connectivity index (χ1v) is 8.58. The molecule has 0 saturated carbocycles. The Balaban J connectivity index is 1.72. The van der Waals surface area contributed by atoms with E-state index >= 15 is 0 Å². The second kappa shape index (κ2) is 7.57. The quantitative estimate of drug-likeness (QED) is 0.913. The van der Waals surface area contributed by atoms with Gasteiger partial charge in [0.1, 0.15) is 0 Å². The van der Waals surface area contributed by atoms with Gasteiger partial charge >= 0.3 is 0 Å². The second-order valence-electron chi connectivity index (χ2n) is 6.24. The van der Waals surface area contributed by atoms with Crippen LogP contribution in [0.15, 0.2) is 28.8 Å². The SMILES string of the molecule is CCNCC1CCN(C(=O)c2ccccc2-c2nc(C)no2)CC1. The van der Waals surface area contributed by atoms with Crippen LogP contribution in [0.3, 0.4) is 0 Å². The van der Waals surface area contributed by atoms with Gasteiger partial charge in [-0.25, -0.2) is 0 Å². The predicted molar refractivity (Wildman–Crippen MR) is 91.6 cm³/mol. The summed E-state index contributed by atoms with van der Waals surface area (Å²) >= 11 is 0. The number of rotatable bonds is 5. The van der Waals surface area contributed by atoms with Crippen molar-refractivity contribution in [3.63, 3.8) is 0 Å². The molecule has 128 valence electrons. The molecule has 0 radical (unpaired) electrons. The minimum absolute atomic E-state index is 0.0448. The van der Waals surface area contributed by atoms with Crippen molar-refractivity contribution in [1.82, 2.24) is 20.4 Å². The fraction of sp³-hybridized carbons (Fsp3) is 0.500. The van der Waals surface area contributed by atoms with Gasteiger partial charge in [0.15, 0.2) is 5.82 Å². The third-order valence-corrected chi connectivity index (χ3v) is 4.50. The van der Waals surface area contributed by atoms with E-state index in [1.165, 1.54) is 0 Å². The number of carbonyl (C=O) groups is 1. The van der Waals surface area contributed by atoms with E-state index in [1.807, 2.05) is 29.2 Å². The van der Waals surface area contributed by atoms with Crippen LogP contribution < -0.4 is 5.32 Å². The van der Waals surface area contributed by atoms with Crippen LogP contribution in [0.5, 0.6) is 0 Å². The fourth-order valence-electron chi connectivity index (χ4n) is 3.12. The third-order valence-electron chi connectivity index (χ3n) is 4.50. The van der Waals surface area contributed by atoms with E-state index in [-0.39, 0.29) is 5.91 Å². The molecule has 0 aliphatic carbocycles. The summed E-state index contributed by atoms with van der Waals surface area (Å²) in [6, 6.07) is 7.45. The first-order valence-electron chi connectivity index (χ1n) is 8.58. The standard InChI is InChI=1S/C18H24N4O2/c1-3-19-12-14-8-10-22(11-9-14)18(23)16-7-5-4-6-15(16)17-20-13(2)21-24-17/h4-7,14,19H,3,8-12H2,1-2H3. The molecule has 0 atom stereocenters. The van der Waals surface area contributed by atoms with Crippen molar-refractivity contribution in [3.05, 3.63) is 35.7 Å². The monoisotopic (exact) mass is 328 g/mol. The largest absolute Gasteiger partial charge is 0.339 e. The number of benzene rings is 1. The summed E-state index contributed by atoms with van der Waals surface area (Å²) in [5, 5.41) is 7.22. The molecule has 2 heterocycles. The predicted octanol–water partition coefficient (Wildman–Crippen LogP) is 2.51. The molecule has 1 aromatic carbocycles. The number of nitrogens with one attached hydrogen (secondary N) is 1. The first kappa shape index (κ1) is 16.6. The summed E-state index contributed by atoms with van der Waals surface area (Å²) in [5.41, 5.74) is 1.34. The summed E-state index contributed by atoms with van der Waals surface area (Å²) in [4.78, 5) is 19.1. The first-order chi connectivity index (χ1) is 11.7. The molecule has 1 fully saturated rings. The van der Waals surface area contributed by atoms with Crippen LogP contribution in [0.2, 0.25) is 0 Å². The molecule has 1 amide bonds. The minimum Gasteiger partial charge on any atom is -0.339 e. The number of nitrogens with zero attached hydrogens (tertiary/aromatic N) is 3. The van der Waals surface area contributed by atoms with E-state index in [1.54, 1.807) is 6.92 Å². The average Bonchev–Trinajstić information content (AvgIpc) is 3.06. The number of likely N-dealkylation sites (tertiary alicyclic amines) is 1. The van der Waals surface area contributed by atoms with Crippen LogP contribution in [-0.2, 0) is 0 Å². The fourth-order valence-corrected chi connectivity index (χ4v) is 3.12. The van der Waals surface area contributed by atoms with E-state index in [0.717, 1.165) is 39.0 Å². The Morgan fingerprint density at radius 2 is 2.08 bits per heavy atom. The van der Waals surface area contributed by atoms with Gasteiger partial charge in [-0.1, -0.05) is 24.2 Å². The molecule has 1 aromatic heterocycles. The van der Waals surface area contributed by atoms with Crippen LogP contribution in [-0.4, -0.2) is 47.1 Å². The minimum atomic E-state index is 0.0448. The molecular formula is C18H24N4O2. The number of hydrogen-bond acceptors (Lipinski definition) is 5. The lowest BCUT2D eigenvalue weighted by atomic mass is 9.95. The molecule has 0 spiro atoms. The maximum Gasteiger partial charge on any atom is 0.258 e. The summed E-state index contributed by atoms with van der Waals surface area (Å²) in [7, 11) is 0. The van der Waals surface area contributed by atoms with Gasteiger partial charge in [0, 0.05) is 13.1 Å². The summed E-state index contributed by atoms with van der Waals surface area (Å²) < 4.78 is 5.25. The van der Waals surface area contributed by atoms with E-state index in [9.17, 15) is 4.79 Å². The summed E-state index contributed by atoms with van der Waals surface area (Å²) in [6.45, 7) is 7.52. The van der Waals surface area contributed by atoms with E-state index in [2.05, 4.69) is 22.4 Å². The Morgan fingerprint density at radius 1 is 1.33 bits per heavy atom. The molecule has 6 heteroatoms. The zero-order valence-corrected chi connectivity index (χ0v) is 14.3.